The predicted octanol–water partition coefficient (Wildman–Crippen LogP) is 4.91. The fourth-order valence-corrected chi connectivity index (χ4v) is 3.92. The summed E-state index contributed by atoms with van der Waals surface area (Å²) in [6.45, 7) is 0.430. The Balaban J connectivity index is 1.63. The molecule has 3 rings (SSSR count). The lowest BCUT2D eigenvalue weighted by molar-refractivity contribution is 0.0706. The van der Waals surface area contributed by atoms with Gasteiger partial charge in [0.25, 0.3) is 5.91 Å². The van der Waals surface area contributed by atoms with Gasteiger partial charge >= 0.3 is 0 Å². The molecule has 1 amide bonds. The highest BCUT2D eigenvalue weighted by molar-refractivity contribution is 7.07. The van der Waals surface area contributed by atoms with Crippen LogP contribution in [0, 0.1) is 0 Å². The number of hydrogen-bond donors (Lipinski definition) is 0. The fourth-order valence-electron chi connectivity index (χ4n) is 3.38. The molecule has 1 aromatic carbocycles. The van der Waals surface area contributed by atoms with Gasteiger partial charge in [-0.15, -0.1) is 11.3 Å². The van der Waals surface area contributed by atoms with Gasteiger partial charge in [-0.2, -0.15) is 0 Å². The van der Waals surface area contributed by atoms with E-state index in [2.05, 4.69) is 4.98 Å². The average Bonchev–Trinajstić information content (AvgIpc) is 3.12. The minimum Gasteiger partial charge on any atom is -0.487 e. The van der Waals surface area contributed by atoms with Crippen molar-refractivity contribution < 1.29 is 9.53 Å². The second kappa shape index (κ2) is 8.99. The van der Waals surface area contributed by atoms with E-state index < -0.39 is 0 Å². The van der Waals surface area contributed by atoms with Crippen LogP contribution in [0.2, 0.25) is 0 Å². The fraction of sp³-hybridized carbons (Fsp3) is 0.500. The zero-order valence-corrected chi connectivity index (χ0v) is 15.6. The van der Waals surface area contributed by atoms with E-state index in [4.69, 9.17) is 4.74 Å². The number of hydrogen-bond acceptors (Lipinski definition) is 4. The van der Waals surface area contributed by atoms with Gasteiger partial charge < -0.3 is 9.64 Å². The van der Waals surface area contributed by atoms with Gasteiger partial charge in [0.1, 0.15) is 12.4 Å². The minimum absolute atomic E-state index is 0.0877. The highest BCUT2D eigenvalue weighted by Gasteiger charge is 2.22. The normalized spacial score (nSPS) is 16.0. The number of aromatic nitrogens is 1. The summed E-state index contributed by atoms with van der Waals surface area (Å²) in [6, 6.07) is 7.84. The Bertz CT molecular complexity index is 664. The lowest BCUT2D eigenvalue weighted by atomic mass is 9.95. The van der Waals surface area contributed by atoms with Crippen LogP contribution in [0.1, 0.15) is 61.0 Å². The van der Waals surface area contributed by atoms with Gasteiger partial charge in [0.2, 0.25) is 0 Å². The highest BCUT2D eigenvalue weighted by atomic mass is 32.1. The number of amides is 1. The molecule has 0 bridgehead atoms. The van der Waals surface area contributed by atoms with Crippen molar-refractivity contribution in [2.75, 3.05) is 7.05 Å². The van der Waals surface area contributed by atoms with E-state index in [1.54, 1.807) is 16.8 Å². The van der Waals surface area contributed by atoms with Gasteiger partial charge in [-0.25, -0.2) is 4.98 Å². The molecule has 0 spiro atoms. The lowest BCUT2D eigenvalue weighted by Gasteiger charge is -2.30. The summed E-state index contributed by atoms with van der Waals surface area (Å²) in [5.41, 5.74) is 3.40. The molecule has 2 aromatic rings. The Labute approximate surface area is 153 Å². The molecule has 1 heterocycles. The smallest absolute Gasteiger partial charge is 0.253 e. The molecule has 0 saturated heterocycles. The molecule has 1 aliphatic rings. The molecule has 0 N–H and O–H groups in total. The number of carbonyl (C=O) groups is 1. The van der Waals surface area contributed by atoms with Crippen molar-refractivity contribution >= 4 is 17.2 Å². The van der Waals surface area contributed by atoms with Crippen molar-refractivity contribution in [2.45, 2.75) is 57.6 Å². The monoisotopic (exact) mass is 358 g/mol. The first-order valence-corrected chi connectivity index (χ1v) is 10.1. The quantitative estimate of drug-likeness (QED) is 0.763. The van der Waals surface area contributed by atoms with Gasteiger partial charge in [0.15, 0.2) is 0 Å². The summed E-state index contributed by atoms with van der Waals surface area (Å²) >= 11 is 1.55. The zero-order chi connectivity index (χ0) is 17.5. The van der Waals surface area contributed by atoms with Crippen LogP contribution in [0.25, 0.3) is 0 Å². The van der Waals surface area contributed by atoms with Crippen molar-refractivity contribution in [1.29, 1.82) is 0 Å². The molecule has 5 heteroatoms. The maximum absolute atomic E-state index is 12.9. The average molecular weight is 359 g/mol. The molecule has 4 nitrogen and oxygen atoms in total. The zero-order valence-electron chi connectivity index (χ0n) is 14.8. The maximum atomic E-state index is 12.9. The van der Waals surface area contributed by atoms with Crippen LogP contribution in [0.15, 0.2) is 35.2 Å². The van der Waals surface area contributed by atoms with Crippen molar-refractivity contribution in [3.05, 3.63) is 46.4 Å². The first-order chi connectivity index (χ1) is 12.2. The molecule has 134 valence electrons. The number of rotatable bonds is 5. The van der Waals surface area contributed by atoms with E-state index in [1.807, 2.05) is 41.6 Å². The van der Waals surface area contributed by atoms with Crippen LogP contribution < -0.4 is 4.74 Å². The number of carbonyl (C=O) groups excluding carboxylic acids is 1. The van der Waals surface area contributed by atoms with E-state index in [-0.39, 0.29) is 5.91 Å². The maximum Gasteiger partial charge on any atom is 0.253 e. The summed E-state index contributed by atoms with van der Waals surface area (Å²) < 4.78 is 5.78. The van der Waals surface area contributed by atoms with Gasteiger partial charge in [0, 0.05) is 24.0 Å². The van der Waals surface area contributed by atoms with Gasteiger partial charge in [0.05, 0.1) is 11.2 Å². The molecule has 0 unspecified atom stereocenters. The van der Waals surface area contributed by atoms with E-state index in [1.165, 1.54) is 32.1 Å². The Morgan fingerprint density at radius 2 is 2.00 bits per heavy atom. The van der Waals surface area contributed by atoms with E-state index in [0.717, 1.165) is 18.5 Å². The predicted molar refractivity (Wildman–Crippen MR) is 101 cm³/mol. The summed E-state index contributed by atoms with van der Waals surface area (Å²) in [5, 5.41) is 1.97. The lowest BCUT2D eigenvalue weighted by Crippen LogP contribution is -2.37. The molecule has 0 radical (unpaired) electrons. The number of nitrogens with zero attached hydrogens (tertiary/aromatic N) is 2. The molecule has 0 aliphatic heterocycles. The minimum atomic E-state index is 0.0877. The molecule has 1 aliphatic carbocycles. The van der Waals surface area contributed by atoms with E-state index in [0.29, 0.717) is 24.0 Å². The van der Waals surface area contributed by atoms with Crippen molar-refractivity contribution in [2.24, 2.45) is 0 Å². The molecule has 1 aromatic heterocycles. The van der Waals surface area contributed by atoms with Crippen LogP contribution in [0.3, 0.4) is 0 Å². The second-order valence-corrected chi connectivity index (χ2v) is 7.43. The van der Waals surface area contributed by atoms with Gasteiger partial charge in [-0.1, -0.05) is 38.2 Å². The Hall–Kier alpha value is -1.88. The Kier molecular flexibility index (Phi) is 6.45. The van der Waals surface area contributed by atoms with Crippen LogP contribution in [0.5, 0.6) is 5.75 Å². The van der Waals surface area contributed by atoms with Gasteiger partial charge in [-0.3, -0.25) is 4.79 Å². The number of ether oxygens (including phenoxy) is 1. The molecule has 0 atom stereocenters. The molecular weight excluding hydrogens is 332 g/mol. The summed E-state index contributed by atoms with van der Waals surface area (Å²) in [4.78, 5) is 19.0. The number of thiazole rings is 1. The first kappa shape index (κ1) is 17.9. The van der Waals surface area contributed by atoms with E-state index in [9.17, 15) is 4.79 Å². The van der Waals surface area contributed by atoms with E-state index >= 15 is 0 Å². The summed E-state index contributed by atoms with van der Waals surface area (Å²) in [7, 11) is 1.94. The topological polar surface area (TPSA) is 42.4 Å². The second-order valence-electron chi connectivity index (χ2n) is 6.71. The van der Waals surface area contributed by atoms with Crippen molar-refractivity contribution in [1.82, 2.24) is 9.88 Å². The SMILES string of the molecule is CN(C(=O)c1cccc(OCc2cscn2)c1)C1CCCCCCC1. The third-order valence-electron chi connectivity index (χ3n) is 4.89. The Morgan fingerprint density at radius 3 is 2.72 bits per heavy atom. The highest BCUT2D eigenvalue weighted by Crippen LogP contribution is 2.23. The molecular formula is C20H26N2O2S. The molecule has 1 saturated carbocycles. The largest absolute Gasteiger partial charge is 0.487 e. The van der Waals surface area contributed by atoms with Crippen molar-refractivity contribution in [3.8, 4) is 5.75 Å². The van der Waals surface area contributed by atoms with Crippen LogP contribution in [-0.4, -0.2) is 28.9 Å². The van der Waals surface area contributed by atoms with Crippen LogP contribution >= 0.6 is 11.3 Å². The van der Waals surface area contributed by atoms with Crippen LogP contribution in [-0.2, 0) is 6.61 Å². The standard InChI is InChI=1S/C20H26N2O2S/c1-22(18-9-5-3-2-4-6-10-18)20(23)16-8-7-11-19(12-16)24-13-17-14-25-15-21-17/h7-8,11-12,14-15,18H,2-6,9-10,13H2,1H3. The molecule has 1 fully saturated rings. The third kappa shape index (κ3) is 5.05. The van der Waals surface area contributed by atoms with Crippen molar-refractivity contribution in [3.63, 3.8) is 0 Å². The number of benzene rings is 1. The van der Waals surface area contributed by atoms with Gasteiger partial charge in [-0.05, 0) is 31.0 Å². The third-order valence-corrected chi connectivity index (χ3v) is 5.53. The summed E-state index contributed by atoms with van der Waals surface area (Å²) in [5.74, 6) is 0.801. The summed E-state index contributed by atoms with van der Waals surface area (Å²) in [6.07, 6.45) is 8.59. The van der Waals surface area contributed by atoms with Crippen LogP contribution in [0.4, 0.5) is 0 Å². The first-order valence-electron chi connectivity index (χ1n) is 9.11. The molecule has 25 heavy (non-hydrogen) atoms. The Morgan fingerprint density at radius 1 is 1.24 bits per heavy atom.